The van der Waals surface area contributed by atoms with Crippen molar-refractivity contribution in [1.29, 1.82) is 0 Å². The van der Waals surface area contributed by atoms with E-state index in [1.807, 2.05) is 12.1 Å². The first-order valence-corrected chi connectivity index (χ1v) is 3.20. The molecule has 2 radical (unpaired) electrons. The van der Waals surface area contributed by atoms with Gasteiger partial charge in [-0.1, -0.05) is 6.07 Å². The van der Waals surface area contributed by atoms with Gasteiger partial charge in [0.2, 0.25) is 0 Å². The van der Waals surface area contributed by atoms with Crippen LogP contribution in [0.2, 0.25) is 0 Å². The molecule has 1 aromatic rings. The average Bonchev–Trinajstić information content (AvgIpc) is 2.05. The highest BCUT2D eigenvalue weighted by molar-refractivity contribution is 5.35. The Labute approximate surface area is 59.9 Å². The second-order valence-electron chi connectivity index (χ2n) is 2.14. The van der Waals surface area contributed by atoms with Crippen molar-refractivity contribution in [1.82, 2.24) is 0 Å². The average molecular weight is 130 g/mol. The maximum Gasteiger partial charge on any atom is 0.130 e. The molecule has 0 bridgehead atoms. The molecule has 0 N–H and O–H groups in total. The molecule has 0 fully saturated rings. The van der Waals surface area contributed by atoms with Crippen LogP contribution in [-0.4, -0.2) is 0 Å². The fourth-order valence-electron chi connectivity index (χ4n) is 0.958. The third kappa shape index (κ3) is 0.798. The van der Waals surface area contributed by atoms with E-state index in [1.54, 1.807) is 12.3 Å². The number of fused-ring (bicyclic) bond motifs is 1. The topological polar surface area (TPSA) is 9.23 Å². The number of hydrogen-bond acceptors (Lipinski definition) is 1. The fourth-order valence-corrected chi connectivity index (χ4v) is 0.958. The maximum absolute atomic E-state index is 5.19. The molecule has 0 saturated carbocycles. The first kappa shape index (κ1) is 5.54. The molecule has 10 heavy (non-hydrogen) atoms. The van der Waals surface area contributed by atoms with E-state index >= 15 is 0 Å². The van der Waals surface area contributed by atoms with E-state index in [1.165, 1.54) is 0 Å². The second-order valence-corrected chi connectivity index (χ2v) is 2.14. The van der Waals surface area contributed by atoms with E-state index < -0.39 is 0 Å². The summed E-state index contributed by atoms with van der Waals surface area (Å²) in [6.45, 7) is 0. The van der Waals surface area contributed by atoms with Gasteiger partial charge in [-0.15, -0.1) is 0 Å². The first-order valence-electron chi connectivity index (χ1n) is 3.20. The third-order valence-electron chi connectivity index (χ3n) is 1.45. The van der Waals surface area contributed by atoms with E-state index in [0.717, 1.165) is 17.7 Å². The van der Waals surface area contributed by atoms with Crippen molar-refractivity contribution >= 4 is 0 Å². The van der Waals surface area contributed by atoms with Gasteiger partial charge in [0.25, 0.3) is 0 Å². The van der Waals surface area contributed by atoms with Crippen LogP contribution < -0.4 is 4.74 Å². The van der Waals surface area contributed by atoms with Crippen molar-refractivity contribution in [2.75, 3.05) is 0 Å². The van der Waals surface area contributed by atoms with E-state index in [0.29, 0.717) is 0 Å². The summed E-state index contributed by atoms with van der Waals surface area (Å²) in [5, 5.41) is 0. The van der Waals surface area contributed by atoms with Crippen LogP contribution in [0.4, 0.5) is 0 Å². The van der Waals surface area contributed by atoms with E-state index in [-0.39, 0.29) is 0 Å². The predicted molar refractivity (Wildman–Crippen MR) is 37.6 cm³/mol. The van der Waals surface area contributed by atoms with Crippen molar-refractivity contribution in [3.63, 3.8) is 0 Å². The maximum atomic E-state index is 5.19. The van der Waals surface area contributed by atoms with Crippen molar-refractivity contribution < 1.29 is 4.74 Å². The monoisotopic (exact) mass is 130 g/mol. The van der Waals surface area contributed by atoms with E-state index in [4.69, 9.17) is 4.74 Å². The molecule has 1 aliphatic heterocycles. The zero-order valence-corrected chi connectivity index (χ0v) is 5.42. The molecule has 0 aliphatic carbocycles. The summed E-state index contributed by atoms with van der Waals surface area (Å²) >= 11 is 0. The number of rotatable bonds is 0. The predicted octanol–water partition coefficient (Wildman–Crippen LogP) is 1.74. The zero-order chi connectivity index (χ0) is 6.81. The number of ether oxygens (including phenoxy) is 1. The van der Waals surface area contributed by atoms with Crippen LogP contribution in [0.15, 0.2) is 24.5 Å². The van der Waals surface area contributed by atoms with E-state index in [2.05, 4.69) is 12.1 Å². The molecule has 0 atom stereocenters. The lowest BCUT2D eigenvalue weighted by molar-refractivity contribution is 0.464. The van der Waals surface area contributed by atoms with Gasteiger partial charge < -0.3 is 4.74 Å². The van der Waals surface area contributed by atoms with Crippen molar-refractivity contribution in [3.8, 4) is 5.75 Å². The van der Waals surface area contributed by atoms with E-state index in [9.17, 15) is 0 Å². The highest BCUT2D eigenvalue weighted by Gasteiger charge is 2.03. The molecule has 0 amide bonds. The normalized spacial score (nSPS) is 14.0. The molecule has 1 aliphatic rings. The highest BCUT2D eigenvalue weighted by atomic mass is 16.5. The van der Waals surface area contributed by atoms with Gasteiger partial charge in [-0.2, -0.15) is 0 Å². The summed E-state index contributed by atoms with van der Waals surface area (Å²) in [5.74, 6) is 0.904. The van der Waals surface area contributed by atoms with Crippen molar-refractivity contribution in [3.05, 3.63) is 42.2 Å². The highest BCUT2D eigenvalue weighted by Crippen LogP contribution is 2.20. The summed E-state index contributed by atoms with van der Waals surface area (Å²) in [5.41, 5.74) is 1.09. The van der Waals surface area contributed by atoms with Gasteiger partial charge in [-0.25, -0.2) is 0 Å². The van der Waals surface area contributed by atoms with Crippen LogP contribution in [0.25, 0.3) is 0 Å². The van der Waals surface area contributed by atoms with Gasteiger partial charge in [-0.05, 0) is 30.7 Å². The SMILES string of the molecule is [c]1[c]c2c(cc1)OC=CC2. The molecule has 1 nitrogen and oxygen atoms in total. The summed E-state index contributed by atoms with van der Waals surface area (Å²) in [6.07, 6.45) is 4.58. The van der Waals surface area contributed by atoms with Gasteiger partial charge in [-0.3, -0.25) is 0 Å². The lowest BCUT2D eigenvalue weighted by atomic mass is 10.1. The van der Waals surface area contributed by atoms with Crippen LogP contribution in [0.3, 0.4) is 0 Å². The minimum absolute atomic E-state index is 0.904. The Morgan fingerprint density at radius 2 is 2.50 bits per heavy atom. The lowest BCUT2D eigenvalue weighted by Gasteiger charge is -2.09. The quantitative estimate of drug-likeness (QED) is 0.519. The minimum Gasteiger partial charge on any atom is -0.465 e. The van der Waals surface area contributed by atoms with Crippen LogP contribution >= 0.6 is 0 Å². The molecule has 1 heterocycles. The fraction of sp³-hybridized carbons (Fsp3) is 0.111. The first-order chi connectivity index (χ1) is 4.97. The van der Waals surface area contributed by atoms with Crippen LogP contribution in [0.5, 0.6) is 5.75 Å². The van der Waals surface area contributed by atoms with Crippen LogP contribution in [-0.2, 0) is 6.42 Å². The summed E-state index contributed by atoms with van der Waals surface area (Å²) in [6, 6.07) is 9.57. The smallest absolute Gasteiger partial charge is 0.130 e. The molecular formula is C9H6O. The molecule has 2 rings (SSSR count). The molecule has 1 heteroatoms. The number of allylic oxidation sites excluding steroid dienone is 1. The van der Waals surface area contributed by atoms with Gasteiger partial charge in [0, 0.05) is 5.56 Å². The zero-order valence-electron chi connectivity index (χ0n) is 5.42. The molecule has 0 saturated heterocycles. The molecular weight excluding hydrogens is 124 g/mol. The van der Waals surface area contributed by atoms with Crippen molar-refractivity contribution in [2.24, 2.45) is 0 Å². The Bertz CT molecular complexity index is 236. The minimum atomic E-state index is 0.904. The molecule has 48 valence electrons. The van der Waals surface area contributed by atoms with Crippen molar-refractivity contribution in [2.45, 2.75) is 6.42 Å². The van der Waals surface area contributed by atoms with Crippen LogP contribution in [0.1, 0.15) is 5.56 Å². The Balaban J connectivity index is 2.47. The Hall–Kier alpha value is -1.24. The second kappa shape index (κ2) is 2.18. The van der Waals surface area contributed by atoms with Gasteiger partial charge >= 0.3 is 0 Å². The molecule has 0 aromatic heterocycles. The largest absolute Gasteiger partial charge is 0.465 e. The number of hydrogen-bond donors (Lipinski definition) is 0. The van der Waals surface area contributed by atoms with Crippen LogP contribution in [0, 0.1) is 12.1 Å². The summed E-state index contributed by atoms with van der Waals surface area (Å²) in [7, 11) is 0. The molecule has 1 aromatic carbocycles. The Kier molecular flexibility index (Phi) is 1.21. The lowest BCUT2D eigenvalue weighted by Crippen LogP contribution is -1.95. The standard InChI is InChI=1S/C9H6O/c1-2-6-9-8(4-1)5-3-7-10-9/h2-3,6-7H,5H2. The Morgan fingerprint density at radius 3 is 3.40 bits per heavy atom. The number of benzene rings is 1. The third-order valence-corrected chi connectivity index (χ3v) is 1.45. The molecule has 0 unspecified atom stereocenters. The molecule has 0 spiro atoms. The summed E-state index contributed by atoms with van der Waals surface area (Å²) < 4.78 is 5.19. The van der Waals surface area contributed by atoms with Gasteiger partial charge in [0.05, 0.1) is 6.26 Å². The van der Waals surface area contributed by atoms with Gasteiger partial charge in [0.1, 0.15) is 5.75 Å². The Morgan fingerprint density at radius 1 is 1.50 bits per heavy atom. The van der Waals surface area contributed by atoms with Gasteiger partial charge in [0.15, 0.2) is 0 Å². The summed E-state index contributed by atoms with van der Waals surface area (Å²) in [4.78, 5) is 0.